The Morgan fingerprint density at radius 2 is 2.13 bits per heavy atom. The second-order valence-electron chi connectivity index (χ2n) is 5.69. The molecular weight excluding hydrogens is 312 g/mol. The van der Waals surface area contributed by atoms with E-state index in [0.717, 1.165) is 16.9 Å². The predicted molar refractivity (Wildman–Crippen MR) is 88.6 cm³/mol. The number of hydrogen-bond donors (Lipinski definition) is 1. The molecule has 5 nitrogen and oxygen atoms in total. The summed E-state index contributed by atoms with van der Waals surface area (Å²) in [6, 6.07) is 9.14. The highest BCUT2D eigenvalue weighted by molar-refractivity contribution is 7.08. The Morgan fingerprint density at radius 1 is 1.30 bits per heavy atom. The van der Waals surface area contributed by atoms with E-state index in [4.69, 9.17) is 4.74 Å². The largest absolute Gasteiger partial charge is 0.492 e. The minimum absolute atomic E-state index is 0.221. The number of carbonyl (C=O) groups is 2. The third-order valence-electron chi connectivity index (χ3n) is 3.95. The molecule has 1 unspecified atom stereocenters. The van der Waals surface area contributed by atoms with Gasteiger partial charge in [0.05, 0.1) is 6.54 Å². The van der Waals surface area contributed by atoms with E-state index < -0.39 is 5.54 Å². The lowest BCUT2D eigenvalue weighted by molar-refractivity contribution is -0.131. The van der Waals surface area contributed by atoms with E-state index in [2.05, 4.69) is 5.32 Å². The van der Waals surface area contributed by atoms with Gasteiger partial charge >= 0.3 is 6.03 Å². The molecule has 1 aromatic heterocycles. The Hall–Kier alpha value is -2.34. The van der Waals surface area contributed by atoms with Crippen molar-refractivity contribution >= 4 is 23.3 Å². The normalized spacial score (nSPS) is 20.7. The number of benzene rings is 1. The quantitative estimate of drug-likeness (QED) is 0.858. The van der Waals surface area contributed by atoms with Crippen molar-refractivity contribution in [3.8, 4) is 5.75 Å². The highest BCUT2D eigenvalue weighted by Crippen LogP contribution is 2.30. The number of nitrogens with zero attached hydrogens (tertiary/aromatic N) is 1. The van der Waals surface area contributed by atoms with Crippen molar-refractivity contribution in [1.82, 2.24) is 10.2 Å². The molecule has 1 atom stereocenters. The van der Waals surface area contributed by atoms with Crippen molar-refractivity contribution in [3.63, 3.8) is 0 Å². The molecule has 0 bridgehead atoms. The molecule has 1 aromatic carbocycles. The molecule has 0 aliphatic carbocycles. The van der Waals surface area contributed by atoms with Crippen LogP contribution in [-0.2, 0) is 10.3 Å². The molecule has 6 heteroatoms. The number of rotatable bonds is 5. The Labute approximate surface area is 138 Å². The summed E-state index contributed by atoms with van der Waals surface area (Å²) in [4.78, 5) is 26.0. The lowest BCUT2D eigenvalue weighted by Gasteiger charge is -2.20. The molecule has 2 heterocycles. The van der Waals surface area contributed by atoms with Crippen molar-refractivity contribution in [2.24, 2.45) is 0 Å². The highest BCUT2D eigenvalue weighted by Gasteiger charge is 2.48. The number of amides is 3. The average Bonchev–Trinajstić information content (AvgIpc) is 3.11. The summed E-state index contributed by atoms with van der Waals surface area (Å²) in [5, 5.41) is 6.55. The van der Waals surface area contributed by atoms with Crippen LogP contribution >= 0.6 is 11.3 Å². The fourth-order valence-corrected chi connectivity index (χ4v) is 3.37. The zero-order valence-electron chi connectivity index (χ0n) is 13.0. The van der Waals surface area contributed by atoms with E-state index >= 15 is 0 Å². The van der Waals surface area contributed by atoms with Crippen LogP contribution in [0.2, 0.25) is 0 Å². The van der Waals surface area contributed by atoms with Crippen molar-refractivity contribution in [2.75, 3.05) is 13.2 Å². The molecule has 23 heavy (non-hydrogen) atoms. The first-order valence-corrected chi connectivity index (χ1v) is 8.31. The van der Waals surface area contributed by atoms with Gasteiger partial charge in [-0.15, -0.1) is 0 Å². The molecule has 3 amide bonds. The van der Waals surface area contributed by atoms with Gasteiger partial charge in [0.15, 0.2) is 0 Å². The van der Waals surface area contributed by atoms with Crippen LogP contribution < -0.4 is 10.1 Å². The Balaban J connectivity index is 1.65. The van der Waals surface area contributed by atoms with E-state index in [-0.39, 0.29) is 25.1 Å². The number of carbonyl (C=O) groups excluding carboxylic acids is 2. The van der Waals surface area contributed by atoms with E-state index in [0.29, 0.717) is 0 Å². The van der Waals surface area contributed by atoms with Gasteiger partial charge in [-0.1, -0.05) is 12.1 Å². The van der Waals surface area contributed by atoms with Gasteiger partial charge in [0.25, 0.3) is 5.91 Å². The molecular formula is C17H18N2O3S. The summed E-state index contributed by atoms with van der Waals surface area (Å²) in [6.45, 7) is 4.20. The number of imide groups is 1. The molecule has 1 fully saturated rings. The van der Waals surface area contributed by atoms with Gasteiger partial charge in [0, 0.05) is 0 Å². The topological polar surface area (TPSA) is 58.6 Å². The molecule has 1 aliphatic rings. The van der Waals surface area contributed by atoms with Crippen LogP contribution in [0.4, 0.5) is 4.79 Å². The third-order valence-corrected chi connectivity index (χ3v) is 4.63. The molecule has 120 valence electrons. The fraction of sp³-hybridized carbons (Fsp3) is 0.294. The average molecular weight is 330 g/mol. The zero-order valence-corrected chi connectivity index (χ0v) is 13.9. The zero-order chi connectivity index (χ0) is 16.4. The highest BCUT2D eigenvalue weighted by atomic mass is 32.1. The van der Waals surface area contributed by atoms with Crippen LogP contribution in [0, 0.1) is 6.92 Å². The van der Waals surface area contributed by atoms with Crippen LogP contribution in [0.15, 0.2) is 41.1 Å². The third kappa shape index (κ3) is 2.94. The SMILES string of the molecule is Cc1cccc(OCCN2C(=O)NC(C)(c3ccsc3)C2=O)c1. The van der Waals surface area contributed by atoms with Crippen LogP contribution in [0.25, 0.3) is 0 Å². The maximum absolute atomic E-state index is 12.6. The standard InChI is InChI=1S/C17H18N2O3S/c1-12-4-3-5-14(10-12)22-8-7-19-15(20)17(2,18-16(19)21)13-6-9-23-11-13/h3-6,9-11H,7-8H2,1-2H3,(H,18,21). The molecule has 1 N–H and O–H groups in total. The van der Waals surface area contributed by atoms with E-state index in [1.165, 1.54) is 16.2 Å². The lowest BCUT2D eigenvalue weighted by Crippen LogP contribution is -2.41. The summed E-state index contributed by atoms with van der Waals surface area (Å²) < 4.78 is 5.63. The molecule has 1 aliphatic heterocycles. The van der Waals surface area contributed by atoms with E-state index in [1.54, 1.807) is 6.92 Å². The monoisotopic (exact) mass is 330 g/mol. The van der Waals surface area contributed by atoms with Crippen LogP contribution in [0.3, 0.4) is 0 Å². The number of ether oxygens (including phenoxy) is 1. The van der Waals surface area contributed by atoms with Gasteiger partial charge in [0.1, 0.15) is 17.9 Å². The first-order chi connectivity index (χ1) is 11.0. The smallest absolute Gasteiger partial charge is 0.325 e. The predicted octanol–water partition coefficient (Wildman–Crippen LogP) is 2.90. The van der Waals surface area contributed by atoms with Crippen molar-refractivity contribution in [2.45, 2.75) is 19.4 Å². The van der Waals surface area contributed by atoms with Gasteiger partial charge in [-0.05, 0) is 53.9 Å². The number of aryl methyl sites for hydroxylation is 1. The number of nitrogens with one attached hydrogen (secondary N) is 1. The molecule has 1 saturated heterocycles. The van der Waals surface area contributed by atoms with E-state index in [1.807, 2.05) is 48.0 Å². The molecule has 0 radical (unpaired) electrons. The van der Waals surface area contributed by atoms with Gasteiger partial charge in [-0.3, -0.25) is 9.69 Å². The second kappa shape index (κ2) is 6.04. The summed E-state index contributed by atoms with van der Waals surface area (Å²) in [7, 11) is 0. The van der Waals surface area contributed by atoms with Crippen molar-refractivity contribution < 1.29 is 14.3 Å². The van der Waals surface area contributed by atoms with Crippen LogP contribution in [-0.4, -0.2) is 30.0 Å². The first-order valence-electron chi connectivity index (χ1n) is 7.37. The Morgan fingerprint density at radius 3 is 2.83 bits per heavy atom. The van der Waals surface area contributed by atoms with Crippen LogP contribution in [0.1, 0.15) is 18.1 Å². The van der Waals surface area contributed by atoms with E-state index in [9.17, 15) is 9.59 Å². The maximum atomic E-state index is 12.6. The van der Waals surface area contributed by atoms with Crippen LogP contribution in [0.5, 0.6) is 5.75 Å². The van der Waals surface area contributed by atoms with Crippen molar-refractivity contribution in [1.29, 1.82) is 0 Å². The second-order valence-corrected chi connectivity index (χ2v) is 6.47. The summed E-state index contributed by atoms with van der Waals surface area (Å²) in [6.07, 6.45) is 0. The van der Waals surface area contributed by atoms with Gasteiger partial charge < -0.3 is 10.1 Å². The van der Waals surface area contributed by atoms with Gasteiger partial charge in [-0.2, -0.15) is 11.3 Å². The van der Waals surface area contributed by atoms with Gasteiger partial charge in [-0.25, -0.2) is 4.79 Å². The molecule has 2 aromatic rings. The minimum atomic E-state index is -0.986. The number of urea groups is 1. The van der Waals surface area contributed by atoms with Gasteiger partial charge in [0.2, 0.25) is 0 Å². The molecule has 3 rings (SSSR count). The number of hydrogen-bond acceptors (Lipinski definition) is 4. The minimum Gasteiger partial charge on any atom is -0.492 e. The summed E-state index contributed by atoms with van der Waals surface area (Å²) in [5.41, 5.74) is 0.922. The lowest BCUT2D eigenvalue weighted by atomic mass is 9.95. The Bertz CT molecular complexity index is 729. The fourth-order valence-electron chi connectivity index (χ4n) is 2.60. The molecule has 0 saturated carbocycles. The maximum Gasteiger partial charge on any atom is 0.325 e. The Kier molecular flexibility index (Phi) is 4.09. The van der Waals surface area contributed by atoms with Crippen molar-refractivity contribution in [3.05, 3.63) is 52.2 Å². The summed E-state index contributed by atoms with van der Waals surface area (Å²) >= 11 is 1.50. The molecule has 0 spiro atoms. The summed E-state index contributed by atoms with van der Waals surface area (Å²) in [5.74, 6) is 0.492. The first kappa shape index (κ1) is 15.6. The number of thiophene rings is 1.